The number of hydrogen-bond acceptors (Lipinski definition) is 12. The molecular formula is C34H40ClN10O3P. The first-order valence-corrected chi connectivity index (χ1v) is 19.1. The van der Waals surface area contributed by atoms with E-state index in [1.165, 1.54) is 6.20 Å². The normalized spacial score (nSPS) is 15.7. The van der Waals surface area contributed by atoms with Crippen molar-refractivity contribution in [2.75, 3.05) is 80.6 Å². The molecule has 2 aromatic carbocycles. The maximum atomic E-state index is 13.4. The summed E-state index contributed by atoms with van der Waals surface area (Å²) in [6.07, 6.45) is 6.69. The lowest BCUT2D eigenvalue weighted by molar-refractivity contribution is -0.111. The maximum Gasteiger partial charge on any atom is 0.300 e. The summed E-state index contributed by atoms with van der Waals surface area (Å²) >= 11 is 6.56. The number of nitrogens with zero attached hydrogens (tertiary/aromatic N) is 6. The molecule has 49 heavy (non-hydrogen) atoms. The fourth-order valence-corrected chi connectivity index (χ4v) is 7.95. The van der Waals surface area contributed by atoms with E-state index in [0.717, 1.165) is 57.8 Å². The van der Waals surface area contributed by atoms with Crippen molar-refractivity contribution in [2.24, 2.45) is 0 Å². The van der Waals surface area contributed by atoms with Crippen LogP contribution in [0.25, 0.3) is 11.0 Å². The molecule has 0 saturated carbocycles. The number of piperazine rings is 1. The van der Waals surface area contributed by atoms with Crippen LogP contribution in [0, 0.1) is 11.8 Å². The van der Waals surface area contributed by atoms with Gasteiger partial charge >= 0.3 is 0 Å². The average molecular weight is 703 g/mol. The van der Waals surface area contributed by atoms with Gasteiger partial charge in [0.15, 0.2) is 5.82 Å². The Hall–Kier alpha value is -4.47. The quantitative estimate of drug-likeness (QED) is 0.142. The van der Waals surface area contributed by atoms with E-state index in [9.17, 15) is 9.36 Å². The summed E-state index contributed by atoms with van der Waals surface area (Å²) in [5.41, 5.74) is 3.70. The number of ether oxygens (including phenoxy) is 1. The Labute approximate surface area is 291 Å². The molecule has 2 aromatic heterocycles. The Bertz CT molecular complexity index is 1960. The molecule has 4 aromatic rings. The molecule has 0 atom stereocenters. The van der Waals surface area contributed by atoms with Crippen LogP contribution in [-0.4, -0.2) is 96.5 Å². The van der Waals surface area contributed by atoms with E-state index >= 15 is 0 Å². The standard InChI is InChI=1S/C34H40ClN10O3P/c1-5-6-30(46)40-26-19-27(29(48-2)20-28(26)45-15-9-22(10-16-45)44-17-13-36-14-18-44)42-34-39-21-23(35)33(43-34)41-25-8-7-24-31(38-12-11-37-24)32(25)49(3,4)47/h7-8,11-12,19-22,36H,9-10,13-18H2,1-4H3,(H,40,46)(H2,39,41,42,43). The third-order valence-electron chi connectivity index (χ3n) is 8.67. The third-order valence-corrected chi connectivity index (χ3v) is 10.5. The largest absolute Gasteiger partial charge is 0.494 e. The van der Waals surface area contributed by atoms with E-state index in [0.29, 0.717) is 51.0 Å². The zero-order valence-corrected chi connectivity index (χ0v) is 29.7. The van der Waals surface area contributed by atoms with E-state index in [-0.39, 0.29) is 11.0 Å². The Morgan fingerprint density at radius 3 is 2.49 bits per heavy atom. The molecule has 4 heterocycles. The molecule has 0 aliphatic carbocycles. The van der Waals surface area contributed by atoms with Crippen molar-refractivity contribution >= 4 is 75.5 Å². The van der Waals surface area contributed by atoms with Crippen molar-refractivity contribution in [3.63, 3.8) is 0 Å². The molecule has 0 bridgehead atoms. The predicted molar refractivity (Wildman–Crippen MR) is 197 cm³/mol. The number of nitrogens with one attached hydrogen (secondary N) is 4. The highest BCUT2D eigenvalue weighted by atomic mass is 35.5. The van der Waals surface area contributed by atoms with Crippen LogP contribution < -0.4 is 36.2 Å². The van der Waals surface area contributed by atoms with Crippen LogP contribution in [0.4, 0.5) is 34.5 Å². The molecule has 4 N–H and O–H groups in total. The van der Waals surface area contributed by atoms with Crippen LogP contribution in [0.2, 0.25) is 5.02 Å². The number of amides is 1. The van der Waals surface area contributed by atoms with Crippen LogP contribution in [0.3, 0.4) is 0 Å². The monoisotopic (exact) mass is 702 g/mol. The number of benzene rings is 2. The number of rotatable bonds is 9. The number of aromatic nitrogens is 4. The lowest BCUT2D eigenvalue weighted by atomic mass is 10.0. The second kappa shape index (κ2) is 15.0. The molecule has 256 valence electrons. The van der Waals surface area contributed by atoms with E-state index in [2.05, 4.69) is 62.8 Å². The van der Waals surface area contributed by atoms with Crippen LogP contribution in [0.1, 0.15) is 19.8 Å². The Morgan fingerprint density at radius 1 is 1.02 bits per heavy atom. The van der Waals surface area contributed by atoms with Crippen molar-refractivity contribution in [1.29, 1.82) is 0 Å². The minimum Gasteiger partial charge on any atom is -0.494 e. The van der Waals surface area contributed by atoms with Gasteiger partial charge in [-0.25, -0.2) is 4.98 Å². The second-order valence-corrected chi connectivity index (χ2v) is 15.8. The zero-order chi connectivity index (χ0) is 34.5. The average Bonchev–Trinajstić information content (AvgIpc) is 3.10. The first kappa shape index (κ1) is 34.4. The number of carbonyl (C=O) groups is 1. The smallest absolute Gasteiger partial charge is 0.300 e. The van der Waals surface area contributed by atoms with Gasteiger partial charge in [-0.15, -0.1) is 0 Å². The van der Waals surface area contributed by atoms with E-state index in [1.807, 2.05) is 6.07 Å². The first-order chi connectivity index (χ1) is 23.6. The highest BCUT2D eigenvalue weighted by Crippen LogP contribution is 2.42. The summed E-state index contributed by atoms with van der Waals surface area (Å²) in [6, 6.07) is 7.85. The molecule has 2 aliphatic rings. The van der Waals surface area contributed by atoms with Crippen LogP contribution in [-0.2, 0) is 9.36 Å². The molecule has 2 saturated heterocycles. The van der Waals surface area contributed by atoms with Crippen molar-refractivity contribution in [1.82, 2.24) is 30.2 Å². The van der Waals surface area contributed by atoms with Crippen molar-refractivity contribution in [3.05, 3.63) is 47.9 Å². The first-order valence-electron chi connectivity index (χ1n) is 16.2. The number of fused-ring (bicyclic) bond motifs is 1. The number of carbonyl (C=O) groups excluding carboxylic acids is 1. The maximum absolute atomic E-state index is 13.4. The third kappa shape index (κ3) is 7.89. The molecule has 0 unspecified atom stereocenters. The second-order valence-electron chi connectivity index (χ2n) is 12.3. The van der Waals surface area contributed by atoms with E-state index < -0.39 is 13.0 Å². The Balaban J connectivity index is 1.29. The van der Waals surface area contributed by atoms with Gasteiger partial charge in [0, 0.05) is 63.8 Å². The van der Waals surface area contributed by atoms with Gasteiger partial charge in [0.05, 0.1) is 46.9 Å². The topological polar surface area (TPSA) is 150 Å². The molecule has 1 amide bonds. The zero-order valence-electron chi connectivity index (χ0n) is 28.0. The van der Waals surface area contributed by atoms with Gasteiger partial charge in [-0.05, 0) is 57.2 Å². The van der Waals surface area contributed by atoms with Gasteiger partial charge in [0.2, 0.25) is 5.95 Å². The molecule has 13 nitrogen and oxygen atoms in total. The molecule has 6 rings (SSSR count). The van der Waals surface area contributed by atoms with Crippen molar-refractivity contribution in [3.8, 4) is 17.6 Å². The van der Waals surface area contributed by atoms with Gasteiger partial charge in [0.25, 0.3) is 5.91 Å². The summed E-state index contributed by atoms with van der Waals surface area (Å²) in [5, 5.41) is 13.7. The molecule has 0 spiro atoms. The molecule has 15 heteroatoms. The lowest BCUT2D eigenvalue weighted by Crippen LogP contribution is -2.52. The molecule has 2 fully saturated rings. The number of methoxy groups -OCH3 is 1. The SMILES string of the molecule is CC#CC(=O)Nc1cc(Nc2ncc(Cl)c(Nc3ccc4nccnc4c3P(C)(C)=O)n2)c(OC)cc1N1CCC(N2CCNCC2)CC1. The number of piperidine rings is 1. The molecule has 0 radical (unpaired) electrons. The highest BCUT2D eigenvalue weighted by molar-refractivity contribution is 7.71. The summed E-state index contributed by atoms with van der Waals surface area (Å²) < 4.78 is 19.3. The van der Waals surface area contributed by atoms with Gasteiger partial charge in [-0.2, -0.15) is 4.98 Å². The summed E-state index contributed by atoms with van der Waals surface area (Å²) in [4.78, 5) is 35.5. The van der Waals surface area contributed by atoms with Gasteiger partial charge < -0.3 is 35.5 Å². The highest BCUT2D eigenvalue weighted by Gasteiger charge is 2.28. The van der Waals surface area contributed by atoms with E-state index in [4.69, 9.17) is 16.3 Å². The Morgan fingerprint density at radius 2 is 1.78 bits per heavy atom. The fourth-order valence-electron chi connectivity index (χ4n) is 6.41. The number of hydrogen-bond donors (Lipinski definition) is 4. The minimum absolute atomic E-state index is 0.221. The minimum atomic E-state index is -2.82. The fraction of sp³-hybridized carbons (Fsp3) is 0.382. The van der Waals surface area contributed by atoms with Gasteiger partial charge in [-0.3, -0.25) is 19.7 Å². The molecule has 2 aliphatic heterocycles. The van der Waals surface area contributed by atoms with Crippen LogP contribution in [0.15, 0.2) is 42.9 Å². The van der Waals surface area contributed by atoms with Crippen molar-refractivity contribution < 1.29 is 14.1 Å². The lowest BCUT2D eigenvalue weighted by Gasteiger charge is -2.41. The summed E-state index contributed by atoms with van der Waals surface area (Å²) in [5.74, 6) is 5.89. The molecular weight excluding hydrogens is 663 g/mol. The summed E-state index contributed by atoms with van der Waals surface area (Å²) in [7, 11) is -1.22. The van der Waals surface area contributed by atoms with E-state index in [1.54, 1.807) is 58.0 Å². The summed E-state index contributed by atoms with van der Waals surface area (Å²) in [6.45, 7) is 10.8. The Kier molecular flexibility index (Phi) is 10.5. The predicted octanol–water partition coefficient (Wildman–Crippen LogP) is 4.65. The number of halogens is 1. The van der Waals surface area contributed by atoms with Gasteiger partial charge in [0.1, 0.15) is 23.4 Å². The van der Waals surface area contributed by atoms with Gasteiger partial charge in [-0.1, -0.05) is 17.5 Å². The van der Waals surface area contributed by atoms with Crippen molar-refractivity contribution in [2.45, 2.75) is 25.8 Å². The van der Waals surface area contributed by atoms with Crippen LogP contribution in [0.5, 0.6) is 5.75 Å². The number of anilines is 6. The van der Waals surface area contributed by atoms with Crippen LogP contribution >= 0.6 is 18.7 Å².